The van der Waals surface area contributed by atoms with Crippen LogP contribution < -0.4 is 0 Å². The van der Waals surface area contributed by atoms with Crippen molar-refractivity contribution in [2.75, 3.05) is 26.2 Å². The fraction of sp³-hybridized carbons (Fsp3) is 0.556. The summed E-state index contributed by atoms with van der Waals surface area (Å²) >= 11 is 0. The second-order valence-corrected chi connectivity index (χ2v) is 7.56. The molecule has 0 aliphatic carbocycles. The summed E-state index contributed by atoms with van der Waals surface area (Å²) in [5.74, 6) is 2.43. The Labute approximate surface area is 151 Å². The monoisotopic (exact) mass is 352 g/mol. The van der Waals surface area contributed by atoms with Crippen LogP contribution in [0.15, 0.2) is 18.5 Å². The number of nitrogens with one attached hydrogen (secondary N) is 2. The van der Waals surface area contributed by atoms with E-state index in [4.69, 9.17) is 5.41 Å². The quantitative estimate of drug-likeness (QED) is 0.517. The Morgan fingerprint density at radius 2 is 2.04 bits per heavy atom. The van der Waals surface area contributed by atoms with E-state index in [-0.39, 0.29) is 5.92 Å². The van der Waals surface area contributed by atoms with Crippen LogP contribution in [0, 0.1) is 11.3 Å². The van der Waals surface area contributed by atoms with Crippen molar-refractivity contribution in [3.63, 3.8) is 0 Å². The van der Waals surface area contributed by atoms with Crippen LogP contribution in [0.2, 0.25) is 0 Å². The highest BCUT2D eigenvalue weighted by Crippen LogP contribution is 2.33. The SMILES string of the molecule is C[C@@H]1CCN(C(=N)N2CCCC2)C[C@@H]1c1nnc2cnc3[nH]ccc3n12. The van der Waals surface area contributed by atoms with Gasteiger partial charge in [0.2, 0.25) is 0 Å². The highest BCUT2D eigenvalue weighted by Gasteiger charge is 2.34. The van der Waals surface area contributed by atoms with Crippen LogP contribution >= 0.6 is 0 Å². The van der Waals surface area contributed by atoms with E-state index in [1.807, 2.05) is 12.3 Å². The molecule has 2 saturated heterocycles. The number of fused-ring (bicyclic) bond motifs is 3. The molecule has 5 rings (SSSR count). The first-order chi connectivity index (χ1) is 12.7. The topological polar surface area (TPSA) is 89.2 Å². The first-order valence-electron chi connectivity index (χ1n) is 9.48. The highest BCUT2D eigenvalue weighted by atomic mass is 15.4. The molecular formula is C18H24N8. The maximum atomic E-state index is 8.63. The zero-order chi connectivity index (χ0) is 17.7. The summed E-state index contributed by atoms with van der Waals surface area (Å²) in [5, 5.41) is 17.5. The van der Waals surface area contributed by atoms with Crippen LogP contribution in [0.25, 0.3) is 16.8 Å². The summed E-state index contributed by atoms with van der Waals surface area (Å²) in [5.41, 5.74) is 2.65. The smallest absolute Gasteiger partial charge is 0.193 e. The number of H-pyrrole nitrogens is 1. The predicted molar refractivity (Wildman–Crippen MR) is 99.3 cm³/mol. The molecule has 0 amide bonds. The molecule has 2 atom stereocenters. The minimum absolute atomic E-state index is 0.252. The van der Waals surface area contributed by atoms with Crippen molar-refractivity contribution < 1.29 is 0 Å². The number of rotatable bonds is 1. The Balaban J connectivity index is 1.51. The summed E-state index contributed by atoms with van der Waals surface area (Å²) in [7, 11) is 0. The predicted octanol–water partition coefficient (Wildman–Crippen LogP) is 2.06. The molecule has 5 heterocycles. The lowest BCUT2D eigenvalue weighted by Crippen LogP contribution is -2.48. The van der Waals surface area contributed by atoms with Gasteiger partial charge in [0.1, 0.15) is 5.82 Å². The van der Waals surface area contributed by atoms with Crippen LogP contribution in [0.5, 0.6) is 0 Å². The van der Waals surface area contributed by atoms with Gasteiger partial charge in [-0.1, -0.05) is 6.92 Å². The van der Waals surface area contributed by atoms with Crippen molar-refractivity contribution in [2.45, 2.75) is 32.1 Å². The Morgan fingerprint density at radius 1 is 1.19 bits per heavy atom. The zero-order valence-corrected chi connectivity index (χ0v) is 15.0. The van der Waals surface area contributed by atoms with Gasteiger partial charge in [0.15, 0.2) is 17.3 Å². The summed E-state index contributed by atoms with van der Waals surface area (Å²) in [6.07, 6.45) is 7.14. The molecule has 0 radical (unpaired) electrons. The first kappa shape index (κ1) is 15.6. The van der Waals surface area contributed by atoms with Gasteiger partial charge in [-0.15, -0.1) is 10.2 Å². The average molecular weight is 352 g/mol. The fourth-order valence-corrected chi connectivity index (χ4v) is 4.36. The molecule has 2 aliphatic rings. The van der Waals surface area contributed by atoms with Gasteiger partial charge in [0.05, 0.1) is 11.7 Å². The van der Waals surface area contributed by atoms with E-state index >= 15 is 0 Å². The van der Waals surface area contributed by atoms with E-state index in [0.717, 1.165) is 55.2 Å². The van der Waals surface area contributed by atoms with Crippen molar-refractivity contribution >= 4 is 22.8 Å². The summed E-state index contributed by atoms with van der Waals surface area (Å²) < 4.78 is 2.13. The Bertz CT molecular complexity index is 951. The second-order valence-electron chi connectivity index (χ2n) is 7.56. The maximum Gasteiger partial charge on any atom is 0.193 e. The molecule has 8 heteroatoms. The molecule has 8 nitrogen and oxygen atoms in total. The Morgan fingerprint density at radius 3 is 2.88 bits per heavy atom. The van der Waals surface area contributed by atoms with Crippen LogP contribution in [0.4, 0.5) is 0 Å². The first-order valence-corrected chi connectivity index (χ1v) is 9.48. The number of aromatic nitrogens is 5. The van der Waals surface area contributed by atoms with E-state index in [1.165, 1.54) is 12.8 Å². The number of nitrogens with zero attached hydrogens (tertiary/aromatic N) is 6. The van der Waals surface area contributed by atoms with E-state index in [9.17, 15) is 0 Å². The van der Waals surface area contributed by atoms with Crippen molar-refractivity contribution in [3.8, 4) is 0 Å². The van der Waals surface area contributed by atoms with Gasteiger partial charge >= 0.3 is 0 Å². The molecular weight excluding hydrogens is 328 g/mol. The standard InChI is InChI=1S/C18H24N8/c1-12-5-9-25(18(19)24-7-2-3-8-24)11-13(12)17-23-22-15-10-21-16-14(26(15)17)4-6-20-16/h4,6,10,12-13,19-20H,2-3,5,7-9,11H2,1H3/t12-,13+/m1/s1. The third kappa shape index (κ3) is 2.35. The average Bonchev–Trinajstić information content (AvgIpc) is 3.40. The van der Waals surface area contributed by atoms with E-state index in [2.05, 4.69) is 41.3 Å². The molecule has 0 aromatic carbocycles. The summed E-state index contributed by atoms with van der Waals surface area (Å²) in [6.45, 7) is 6.09. The molecule has 2 fully saturated rings. The van der Waals surface area contributed by atoms with E-state index in [0.29, 0.717) is 11.9 Å². The Kier molecular flexibility index (Phi) is 3.58. The number of piperidine rings is 1. The molecule has 0 spiro atoms. The lowest BCUT2D eigenvalue weighted by atomic mass is 9.86. The number of hydrogen-bond acceptors (Lipinski definition) is 4. The van der Waals surface area contributed by atoms with Gasteiger partial charge in [0.25, 0.3) is 0 Å². The van der Waals surface area contributed by atoms with E-state index in [1.54, 1.807) is 6.20 Å². The minimum atomic E-state index is 0.252. The van der Waals surface area contributed by atoms with Crippen LogP contribution in [0.3, 0.4) is 0 Å². The number of aromatic amines is 1. The molecule has 0 bridgehead atoms. The minimum Gasteiger partial charge on any atom is -0.345 e. The molecule has 2 N–H and O–H groups in total. The number of likely N-dealkylation sites (tertiary alicyclic amines) is 2. The third-order valence-corrected chi connectivity index (χ3v) is 5.96. The normalized spacial score (nSPS) is 24.0. The third-order valence-electron chi connectivity index (χ3n) is 5.96. The van der Waals surface area contributed by atoms with Gasteiger partial charge in [-0.2, -0.15) is 0 Å². The van der Waals surface area contributed by atoms with Crippen molar-refractivity contribution in [1.29, 1.82) is 5.41 Å². The van der Waals surface area contributed by atoms with Crippen molar-refractivity contribution in [3.05, 3.63) is 24.3 Å². The largest absolute Gasteiger partial charge is 0.345 e. The van der Waals surface area contributed by atoms with Crippen LogP contribution in [0.1, 0.15) is 37.9 Å². The summed E-state index contributed by atoms with van der Waals surface area (Å²) in [6, 6.07) is 2.03. The van der Waals surface area contributed by atoms with Crippen LogP contribution in [-0.2, 0) is 0 Å². The fourth-order valence-electron chi connectivity index (χ4n) is 4.36. The lowest BCUT2D eigenvalue weighted by Gasteiger charge is -2.39. The van der Waals surface area contributed by atoms with Crippen LogP contribution in [-0.4, -0.2) is 66.5 Å². The van der Waals surface area contributed by atoms with E-state index < -0.39 is 0 Å². The zero-order valence-electron chi connectivity index (χ0n) is 15.0. The molecule has 3 aromatic heterocycles. The Hall–Kier alpha value is -2.64. The number of guanidine groups is 1. The van der Waals surface area contributed by atoms with Crippen molar-refractivity contribution in [1.82, 2.24) is 34.4 Å². The highest BCUT2D eigenvalue weighted by molar-refractivity contribution is 5.77. The van der Waals surface area contributed by atoms with Gasteiger partial charge in [-0.3, -0.25) is 9.81 Å². The molecule has 136 valence electrons. The lowest BCUT2D eigenvalue weighted by molar-refractivity contribution is 0.214. The molecule has 3 aromatic rings. The second kappa shape index (κ2) is 5.96. The summed E-state index contributed by atoms with van der Waals surface area (Å²) in [4.78, 5) is 12.0. The molecule has 26 heavy (non-hydrogen) atoms. The van der Waals surface area contributed by atoms with Gasteiger partial charge in [-0.25, -0.2) is 4.98 Å². The van der Waals surface area contributed by atoms with Crippen molar-refractivity contribution in [2.24, 2.45) is 5.92 Å². The molecule has 0 saturated carbocycles. The maximum absolute atomic E-state index is 8.63. The number of hydrogen-bond donors (Lipinski definition) is 2. The van der Waals surface area contributed by atoms with Gasteiger partial charge in [0, 0.05) is 38.3 Å². The van der Waals surface area contributed by atoms with Gasteiger partial charge in [-0.05, 0) is 31.2 Å². The van der Waals surface area contributed by atoms with Gasteiger partial charge < -0.3 is 14.8 Å². The molecule has 2 aliphatic heterocycles. The molecule has 0 unspecified atom stereocenters.